The van der Waals surface area contributed by atoms with E-state index in [9.17, 15) is 35.3 Å². The van der Waals surface area contributed by atoms with Gasteiger partial charge in [-0.2, -0.15) is 30.7 Å². The minimum atomic E-state index is -5.87. The van der Waals surface area contributed by atoms with Gasteiger partial charge in [-0.15, -0.1) is 0 Å². The van der Waals surface area contributed by atoms with Crippen molar-refractivity contribution in [3.63, 3.8) is 0 Å². The van der Waals surface area contributed by atoms with E-state index in [1.54, 1.807) is 0 Å². The molecule has 12 heteroatoms. The highest BCUT2D eigenvalue weighted by atomic mass is 31.2. The van der Waals surface area contributed by atoms with Gasteiger partial charge in [-0.05, 0) is 13.8 Å². The molecule has 4 nitrogen and oxygen atoms in total. The van der Waals surface area contributed by atoms with Gasteiger partial charge in [0.2, 0.25) is 0 Å². The van der Waals surface area contributed by atoms with E-state index < -0.39 is 44.7 Å². The minimum absolute atomic E-state index is 0.710. The molecule has 0 fully saturated rings. The van der Waals surface area contributed by atoms with Gasteiger partial charge in [-0.1, -0.05) is 0 Å². The van der Waals surface area contributed by atoms with Crippen LogP contribution in [0.4, 0.5) is 30.7 Å². The lowest BCUT2D eigenvalue weighted by atomic mass is 10.6. The van der Waals surface area contributed by atoms with E-state index in [1.165, 1.54) is 0 Å². The molecule has 0 amide bonds. The fourth-order valence-corrected chi connectivity index (χ4v) is 2.35. The molecule has 0 unspecified atom stereocenters. The average molecular weight is 334 g/mol. The first kappa shape index (κ1) is 19.2. The maximum Gasteiger partial charge on any atom is 0.479 e. The van der Waals surface area contributed by atoms with Gasteiger partial charge >= 0.3 is 31.5 Å². The molecule has 0 radical (unpaired) electrons. The lowest BCUT2D eigenvalue weighted by Crippen LogP contribution is -2.43. The van der Waals surface area contributed by atoms with Gasteiger partial charge < -0.3 is 13.8 Å². The van der Waals surface area contributed by atoms with Gasteiger partial charge in [0.15, 0.2) is 0 Å². The van der Waals surface area contributed by atoms with Crippen molar-refractivity contribution >= 4 is 7.60 Å². The Morgan fingerprint density at radius 3 is 1.70 bits per heavy atom. The molecule has 0 aromatic heterocycles. The lowest BCUT2D eigenvalue weighted by molar-refractivity contribution is -0.314. The fraction of sp³-hybridized carbons (Fsp3) is 0.750. The predicted molar refractivity (Wildman–Crippen MR) is 52.2 cm³/mol. The number of hydrogen-bond acceptors (Lipinski definition) is 4. The summed E-state index contributed by atoms with van der Waals surface area (Å²) in [6, 6.07) is -3.23. The van der Waals surface area contributed by atoms with Crippen LogP contribution in [0.1, 0.15) is 13.8 Å². The second-order valence-electron chi connectivity index (χ2n) is 3.03. The third-order valence-electron chi connectivity index (χ3n) is 1.66. The van der Waals surface area contributed by atoms with Gasteiger partial charge in [0.1, 0.15) is 0 Å². The van der Waals surface area contributed by atoms with E-state index in [4.69, 9.17) is 0 Å². The van der Waals surface area contributed by atoms with Crippen molar-refractivity contribution in [1.29, 1.82) is 0 Å². The largest absolute Gasteiger partial charge is 0.479 e. The van der Waals surface area contributed by atoms with Crippen LogP contribution in [0, 0.1) is 0 Å². The zero-order valence-corrected chi connectivity index (χ0v) is 11.0. The third kappa shape index (κ3) is 3.86. The van der Waals surface area contributed by atoms with Crippen LogP contribution >= 0.6 is 7.60 Å². The first-order chi connectivity index (χ1) is 8.95. The molecule has 0 N–H and O–H groups in total. The third-order valence-corrected chi connectivity index (χ3v) is 3.80. The zero-order chi connectivity index (χ0) is 16.2. The van der Waals surface area contributed by atoms with Crippen molar-refractivity contribution in [3.8, 4) is 0 Å². The Bertz CT molecular complexity index is 398. The smallest absolute Gasteiger partial charge is 0.397 e. The van der Waals surface area contributed by atoms with Gasteiger partial charge in [0, 0.05) is 0 Å². The van der Waals surface area contributed by atoms with Gasteiger partial charge in [0.25, 0.3) is 0 Å². The summed E-state index contributed by atoms with van der Waals surface area (Å²) < 4.78 is 110. The zero-order valence-electron chi connectivity index (χ0n) is 10.1. The molecular formula is C8H10F7O4P. The van der Waals surface area contributed by atoms with Crippen LogP contribution < -0.4 is 0 Å². The first-order valence-electron chi connectivity index (χ1n) is 4.99. The predicted octanol–water partition coefficient (Wildman–Crippen LogP) is 4.49. The minimum Gasteiger partial charge on any atom is -0.397 e. The molecule has 0 bridgehead atoms. The molecule has 20 heavy (non-hydrogen) atoms. The Morgan fingerprint density at radius 1 is 1.00 bits per heavy atom. The fourth-order valence-electron chi connectivity index (χ4n) is 0.911. The Kier molecular flexibility index (Phi) is 6.50. The van der Waals surface area contributed by atoms with Crippen molar-refractivity contribution in [2.75, 3.05) is 13.2 Å². The molecular weight excluding hydrogens is 324 g/mol. The van der Waals surface area contributed by atoms with Crippen LogP contribution in [-0.4, -0.2) is 25.0 Å². The summed E-state index contributed by atoms with van der Waals surface area (Å²) in [4.78, 5) is 0. The maximum absolute atomic E-state index is 13.4. The maximum atomic E-state index is 13.4. The Morgan fingerprint density at radius 2 is 1.40 bits per heavy atom. The molecule has 0 aliphatic carbocycles. The van der Waals surface area contributed by atoms with E-state index in [0.717, 1.165) is 13.8 Å². The van der Waals surface area contributed by atoms with Crippen LogP contribution in [0.15, 0.2) is 12.1 Å². The Hall–Kier alpha value is -0.800. The molecule has 0 aromatic carbocycles. The van der Waals surface area contributed by atoms with Crippen molar-refractivity contribution in [1.82, 2.24) is 0 Å². The molecule has 0 spiro atoms. The summed E-state index contributed by atoms with van der Waals surface area (Å²) in [7, 11) is -5.77. The van der Waals surface area contributed by atoms with E-state index in [-0.39, 0.29) is 0 Å². The second-order valence-corrected chi connectivity index (χ2v) is 5.10. The number of rotatable bonds is 8. The summed E-state index contributed by atoms with van der Waals surface area (Å²) in [5.41, 5.74) is -5.68. The number of hydrogen-bond donors (Lipinski definition) is 0. The molecule has 0 heterocycles. The van der Waals surface area contributed by atoms with E-state index in [2.05, 4.69) is 13.8 Å². The van der Waals surface area contributed by atoms with Gasteiger partial charge in [-0.25, -0.2) is 0 Å². The highest BCUT2D eigenvalue weighted by molar-refractivity contribution is 7.55. The first-order valence-corrected chi connectivity index (χ1v) is 6.54. The second kappa shape index (κ2) is 6.77. The number of ether oxygens (including phenoxy) is 1. The summed E-state index contributed by atoms with van der Waals surface area (Å²) in [5.74, 6) is 0. The van der Waals surface area contributed by atoms with Crippen LogP contribution in [0.2, 0.25) is 0 Å². The topological polar surface area (TPSA) is 44.8 Å². The summed E-state index contributed by atoms with van der Waals surface area (Å²) in [6.07, 6.45) is -9.26. The monoisotopic (exact) mass is 334 g/mol. The molecule has 0 aromatic rings. The average Bonchev–Trinajstić information content (AvgIpc) is 2.28. The highest BCUT2D eigenvalue weighted by Gasteiger charge is 2.73. The van der Waals surface area contributed by atoms with Crippen molar-refractivity contribution in [2.24, 2.45) is 0 Å². The SMILES string of the molecule is CCOP(=O)(OCC)C(F)(F)C(F)(F)OC(F)=C(F)F. The molecule has 0 saturated heterocycles. The molecule has 0 rings (SSSR count). The Labute approximate surface area is 109 Å². The molecule has 0 aliphatic rings. The summed E-state index contributed by atoms with van der Waals surface area (Å²) >= 11 is 0. The van der Waals surface area contributed by atoms with Crippen molar-refractivity contribution < 1.29 is 49.1 Å². The molecule has 0 atom stereocenters. The lowest BCUT2D eigenvalue weighted by Gasteiger charge is -2.30. The van der Waals surface area contributed by atoms with E-state index in [1.807, 2.05) is 0 Å². The van der Waals surface area contributed by atoms with Gasteiger partial charge in [0.05, 0.1) is 13.2 Å². The molecule has 0 saturated carbocycles. The summed E-state index contributed by atoms with van der Waals surface area (Å²) in [6.45, 7) is 0.669. The number of halogens is 7. The van der Waals surface area contributed by atoms with Crippen molar-refractivity contribution in [2.45, 2.75) is 25.6 Å². The molecule has 0 aliphatic heterocycles. The van der Waals surface area contributed by atoms with Crippen LogP contribution in [0.5, 0.6) is 0 Å². The van der Waals surface area contributed by atoms with E-state index >= 15 is 0 Å². The standard InChI is InChI=1S/C8H10F7O4P/c1-3-17-20(16,18-4-2)8(14,15)7(12,13)19-6(11)5(9)10/h3-4H2,1-2H3. The van der Waals surface area contributed by atoms with Crippen molar-refractivity contribution in [3.05, 3.63) is 12.1 Å². The highest BCUT2D eigenvalue weighted by Crippen LogP contribution is 2.67. The quantitative estimate of drug-likeness (QED) is 0.373. The number of alkyl halides is 4. The molecule has 120 valence electrons. The van der Waals surface area contributed by atoms with Crippen LogP contribution in [0.3, 0.4) is 0 Å². The van der Waals surface area contributed by atoms with E-state index in [0.29, 0.717) is 0 Å². The van der Waals surface area contributed by atoms with Crippen LogP contribution in [-0.2, 0) is 18.3 Å². The van der Waals surface area contributed by atoms with Crippen LogP contribution in [0.25, 0.3) is 0 Å². The van der Waals surface area contributed by atoms with Gasteiger partial charge in [-0.3, -0.25) is 4.57 Å². The Balaban J connectivity index is 5.55. The summed E-state index contributed by atoms with van der Waals surface area (Å²) in [5, 5.41) is 0. The normalized spacial score (nSPS) is 13.2.